The van der Waals surface area contributed by atoms with Crippen LogP contribution in [0.15, 0.2) is 54.6 Å². The molecular formula is C31H31N3O4. The predicted octanol–water partition coefficient (Wildman–Crippen LogP) is 2.56. The Hall–Kier alpha value is -4.38. The van der Waals surface area contributed by atoms with Crippen LogP contribution in [-0.4, -0.2) is 36.6 Å². The van der Waals surface area contributed by atoms with Crippen LogP contribution in [0, 0.1) is 18.3 Å². The number of benzene rings is 3. The summed E-state index contributed by atoms with van der Waals surface area (Å²) in [5.74, 6) is 2.53. The number of fused-ring (bicyclic) bond motifs is 2. The van der Waals surface area contributed by atoms with Crippen molar-refractivity contribution in [2.24, 2.45) is 17.4 Å². The summed E-state index contributed by atoms with van der Waals surface area (Å²) in [6, 6.07) is 15.6. The zero-order valence-corrected chi connectivity index (χ0v) is 21.1. The van der Waals surface area contributed by atoms with E-state index in [0.29, 0.717) is 59.3 Å². The van der Waals surface area contributed by atoms with Gasteiger partial charge in [0.05, 0.1) is 5.56 Å². The Morgan fingerprint density at radius 2 is 1.71 bits per heavy atom. The van der Waals surface area contributed by atoms with E-state index in [1.807, 2.05) is 18.2 Å². The molecule has 0 radical (unpaired) electrons. The zero-order valence-electron chi connectivity index (χ0n) is 21.1. The van der Waals surface area contributed by atoms with E-state index in [2.05, 4.69) is 17.8 Å². The number of carboxylic acid groups (broad SMARTS) is 1. The summed E-state index contributed by atoms with van der Waals surface area (Å²) in [6.45, 7) is 5.56. The van der Waals surface area contributed by atoms with Gasteiger partial charge in [0.25, 0.3) is 5.91 Å². The number of terminal acetylenes is 1. The fraction of sp³-hybridized carbons (Fsp3) is 0.226. The predicted molar refractivity (Wildman–Crippen MR) is 148 cm³/mol. The van der Waals surface area contributed by atoms with Crippen LogP contribution in [0.3, 0.4) is 0 Å². The highest BCUT2D eigenvalue weighted by atomic mass is 16.5. The van der Waals surface area contributed by atoms with Crippen molar-refractivity contribution in [2.45, 2.75) is 19.3 Å². The molecule has 3 aromatic carbocycles. The molecule has 0 fully saturated rings. The minimum atomic E-state index is -1.14. The third-order valence-electron chi connectivity index (χ3n) is 6.72. The Bertz CT molecular complexity index is 1530. The fourth-order valence-electron chi connectivity index (χ4n) is 4.79. The fourth-order valence-corrected chi connectivity index (χ4v) is 4.79. The van der Waals surface area contributed by atoms with Crippen molar-refractivity contribution in [3.8, 4) is 23.8 Å². The summed E-state index contributed by atoms with van der Waals surface area (Å²) in [5.41, 5.74) is 14.1. The molecule has 1 aliphatic heterocycles. The highest BCUT2D eigenvalue weighted by Crippen LogP contribution is 2.37. The quantitative estimate of drug-likeness (QED) is 0.243. The highest BCUT2D eigenvalue weighted by Gasteiger charge is 2.25. The maximum Gasteiger partial charge on any atom is 0.336 e. The van der Waals surface area contributed by atoms with Crippen LogP contribution in [0.5, 0.6) is 11.5 Å². The summed E-state index contributed by atoms with van der Waals surface area (Å²) in [7, 11) is 0. The van der Waals surface area contributed by atoms with Crippen LogP contribution in [0.1, 0.15) is 56.7 Å². The minimum absolute atomic E-state index is 0.00955. The molecule has 0 spiro atoms. The van der Waals surface area contributed by atoms with Gasteiger partial charge in [0.1, 0.15) is 11.5 Å². The molecule has 0 atom stereocenters. The molecule has 0 unspecified atom stereocenters. The molecule has 38 heavy (non-hydrogen) atoms. The molecule has 1 aliphatic rings. The summed E-state index contributed by atoms with van der Waals surface area (Å²) in [4.78, 5) is 25.3. The Balaban J connectivity index is 1.73. The first kappa shape index (κ1) is 26.7. The van der Waals surface area contributed by atoms with Gasteiger partial charge in [-0.25, -0.2) is 4.79 Å². The van der Waals surface area contributed by atoms with Crippen LogP contribution in [-0.2, 0) is 0 Å². The second-order valence-electron chi connectivity index (χ2n) is 9.29. The molecule has 6 N–H and O–H groups in total. The average molecular weight is 510 g/mol. The molecule has 4 rings (SSSR count). The Kier molecular flexibility index (Phi) is 8.27. The van der Waals surface area contributed by atoms with Gasteiger partial charge < -0.3 is 26.6 Å². The lowest BCUT2D eigenvalue weighted by Crippen LogP contribution is -2.27. The first-order chi connectivity index (χ1) is 18.4. The molecule has 1 heterocycles. The largest absolute Gasteiger partial charge is 0.478 e. The van der Waals surface area contributed by atoms with E-state index in [9.17, 15) is 14.7 Å². The number of carbonyl (C=O) groups is 2. The van der Waals surface area contributed by atoms with Gasteiger partial charge in [-0.05, 0) is 85.5 Å². The second kappa shape index (κ2) is 11.8. The molecule has 0 aromatic heterocycles. The van der Waals surface area contributed by atoms with Crippen molar-refractivity contribution in [1.29, 1.82) is 0 Å². The molecule has 0 bridgehead atoms. The first-order valence-electron chi connectivity index (χ1n) is 12.5. The van der Waals surface area contributed by atoms with Gasteiger partial charge in [-0.2, -0.15) is 0 Å². The second-order valence-corrected chi connectivity index (χ2v) is 9.29. The van der Waals surface area contributed by atoms with Gasteiger partial charge in [0, 0.05) is 34.0 Å². The molecule has 3 aromatic rings. The van der Waals surface area contributed by atoms with Crippen molar-refractivity contribution >= 4 is 24.0 Å². The topological polar surface area (TPSA) is 128 Å². The van der Waals surface area contributed by atoms with Crippen molar-refractivity contribution in [3.63, 3.8) is 0 Å². The molecule has 7 nitrogen and oxygen atoms in total. The maximum atomic E-state index is 12.9. The lowest BCUT2D eigenvalue weighted by atomic mass is 9.88. The number of nitrogens with two attached hydrogens (primary N) is 2. The van der Waals surface area contributed by atoms with Gasteiger partial charge in [-0.1, -0.05) is 30.7 Å². The van der Waals surface area contributed by atoms with Crippen LogP contribution in [0.25, 0.3) is 12.2 Å². The Morgan fingerprint density at radius 3 is 2.39 bits per heavy atom. The summed E-state index contributed by atoms with van der Waals surface area (Å²) in [6.07, 6.45) is 8.03. The van der Waals surface area contributed by atoms with Gasteiger partial charge in [0.15, 0.2) is 0 Å². The standard InChI is InChI=1S/C31H31N3O4/c1-3-20-5-8-25-28(17-20)38-27-16-19(2)4-7-24(27)29(25)23-9-6-22(18-26(23)31(36)37)30(35)34-15-12-21(10-13-32)11-14-33/h1,4-9,16-18,21H,2,10-15,32-33H2,(H,34,35)(H,36,37). The number of carboxylic acids is 1. The molecular weight excluding hydrogens is 478 g/mol. The number of aromatic carboxylic acids is 1. The summed E-state index contributed by atoms with van der Waals surface area (Å²) < 4.78 is 6.13. The zero-order chi connectivity index (χ0) is 27.2. The number of hydrogen-bond acceptors (Lipinski definition) is 5. The SMILES string of the molecule is C#Cc1ccc2c(c1)Oc1cc(=C)ccc1=C2c1ccc(C(=O)NCCC(CCN)CCN)cc1C(=O)O. The van der Waals surface area contributed by atoms with E-state index in [1.165, 1.54) is 6.07 Å². The van der Waals surface area contributed by atoms with Gasteiger partial charge >= 0.3 is 5.97 Å². The smallest absolute Gasteiger partial charge is 0.336 e. The number of amides is 1. The normalized spacial score (nSPS) is 11.8. The van der Waals surface area contributed by atoms with Gasteiger partial charge in [0.2, 0.25) is 0 Å². The number of nitrogens with one attached hydrogen (secondary N) is 1. The average Bonchev–Trinajstić information content (AvgIpc) is 2.91. The molecule has 1 amide bonds. The first-order valence-corrected chi connectivity index (χ1v) is 12.5. The molecule has 194 valence electrons. The van der Waals surface area contributed by atoms with E-state index < -0.39 is 5.97 Å². The van der Waals surface area contributed by atoms with E-state index in [4.69, 9.17) is 22.6 Å². The number of carbonyl (C=O) groups excluding carboxylic acids is 1. The summed E-state index contributed by atoms with van der Waals surface area (Å²) in [5, 5.41) is 14.5. The Labute approximate surface area is 221 Å². The number of rotatable bonds is 10. The van der Waals surface area contributed by atoms with Crippen molar-refractivity contribution in [1.82, 2.24) is 5.32 Å². The molecule has 0 saturated heterocycles. The molecule has 0 saturated carbocycles. The minimum Gasteiger partial charge on any atom is -0.478 e. The van der Waals surface area contributed by atoms with Crippen LogP contribution >= 0.6 is 0 Å². The van der Waals surface area contributed by atoms with E-state index >= 15 is 0 Å². The third-order valence-corrected chi connectivity index (χ3v) is 6.72. The van der Waals surface area contributed by atoms with E-state index in [-0.39, 0.29) is 17.0 Å². The molecule has 0 aliphatic carbocycles. The molecule has 7 heteroatoms. The van der Waals surface area contributed by atoms with Crippen LogP contribution in [0.4, 0.5) is 0 Å². The van der Waals surface area contributed by atoms with Crippen molar-refractivity contribution in [2.75, 3.05) is 19.6 Å². The lowest BCUT2D eigenvalue weighted by Gasteiger charge is -2.22. The van der Waals surface area contributed by atoms with E-state index in [0.717, 1.165) is 29.7 Å². The van der Waals surface area contributed by atoms with E-state index in [1.54, 1.807) is 30.3 Å². The van der Waals surface area contributed by atoms with Crippen molar-refractivity contribution < 1.29 is 19.4 Å². The number of hydrogen-bond donors (Lipinski definition) is 4. The monoisotopic (exact) mass is 509 g/mol. The van der Waals surface area contributed by atoms with Crippen LogP contribution < -0.4 is 32.0 Å². The summed E-state index contributed by atoms with van der Waals surface area (Å²) >= 11 is 0. The van der Waals surface area contributed by atoms with Crippen molar-refractivity contribution in [3.05, 3.63) is 92.9 Å². The Morgan fingerprint density at radius 1 is 0.974 bits per heavy atom. The third kappa shape index (κ3) is 5.62. The van der Waals surface area contributed by atoms with Crippen LogP contribution in [0.2, 0.25) is 0 Å². The van der Waals surface area contributed by atoms with Gasteiger partial charge in [-0.15, -0.1) is 6.42 Å². The lowest BCUT2D eigenvalue weighted by molar-refractivity contribution is 0.0696. The highest BCUT2D eigenvalue weighted by molar-refractivity contribution is 6.02. The number of ether oxygens (including phenoxy) is 1. The van der Waals surface area contributed by atoms with Gasteiger partial charge in [-0.3, -0.25) is 4.79 Å². The maximum absolute atomic E-state index is 12.9.